The Morgan fingerprint density at radius 2 is 1.67 bits per heavy atom. The molecule has 5 nitrogen and oxygen atoms in total. The Kier molecular flexibility index (Phi) is 3.55. The summed E-state index contributed by atoms with van der Waals surface area (Å²) in [5.74, 6) is 1.92. The summed E-state index contributed by atoms with van der Waals surface area (Å²) in [7, 11) is 0. The number of nitrogen functional groups attached to an aromatic ring is 1. The number of nitrogens with zero attached hydrogens (tertiary/aromatic N) is 2. The minimum atomic E-state index is 0.380. The number of rotatable bonds is 3. The van der Waals surface area contributed by atoms with E-state index in [4.69, 9.17) is 22.1 Å². The van der Waals surface area contributed by atoms with E-state index in [0.29, 0.717) is 16.7 Å². The van der Waals surface area contributed by atoms with E-state index in [2.05, 4.69) is 15.2 Å². The fraction of sp³-hybridized carbons (Fsp3) is 0. The molecular weight excluding hydrogens is 324 g/mol. The summed E-state index contributed by atoms with van der Waals surface area (Å²) >= 11 is 6.10. The third kappa shape index (κ3) is 2.66. The van der Waals surface area contributed by atoms with Crippen LogP contribution in [0.3, 0.4) is 0 Å². The molecule has 0 amide bonds. The summed E-state index contributed by atoms with van der Waals surface area (Å²) in [4.78, 5) is 4.40. The lowest BCUT2D eigenvalue weighted by Gasteiger charge is -2.08. The van der Waals surface area contributed by atoms with Gasteiger partial charge in [0.15, 0.2) is 5.82 Å². The predicted octanol–water partition coefficient (Wildman–Crippen LogP) is 4.65. The molecule has 0 unspecified atom stereocenters. The molecule has 0 aliphatic rings. The number of para-hydroxylation sites is 1. The Labute approximate surface area is 143 Å². The van der Waals surface area contributed by atoms with E-state index in [-0.39, 0.29) is 0 Å². The van der Waals surface area contributed by atoms with Crippen LogP contribution in [0.5, 0.6) is 11.5 Å². The molecule has 4 rings (SSSR count). The lowest BCUT2D eigenvalue weighted by atomic mass is 10.1. The maximum Gasteiger partial charge on any atom is 0.155 e. The molecule has 0 fully saturated rings. The Bertz CT molecular complexity index is 997. The van der Waals surface area contributed by atoms with Gasteiger partial charge in [0.05, 0.1) is 16.6 Å². The van der Waals surface area contributed by atoms with E-state index in [1.807, 2.05) is 54.6 Å². The first kappa shape index (κ1) is 14.5. The van der Waals surface area contributed by atoms with Crippen molar-refractivity contribution in [3.8, 4) is 22.8 Å². The lowest BCUT2D eigenvalue weighted by Crippen LogP contribution is -1.91. The standard InChI is InChI=1S/C18H13ClN4O/c19-15-10-14-16(18(20)23-22-14)17(21-15)11-6-8-13(9-7-11)24-12-4-2-1-3-5-12/h1-10H,(H3,20,22,23). The van der Waals surface area contributed by atoms with Crippen molar-refractivity contribution in [1.82, 2.24) is 15.2 Å². The van der Waals surface area contributed by atoms with Crippen molar-refractivity contribution < 1.29 is 4.74 Å². The predicted molar refractivity (Wildman–Crippen MR) is 95.3 cm³/mol. The monoisotopic (exact) mass is 336 g/mol. The second-order valence-corrected chi connectivity index (χ2v) is 5.65. The zero-order chi connectivity index (χ0) is 16.5. The number of benzene rings is 2. The second kappa shape index (κ2) is 5.86. The highest BCUT2D eigenvalue weighted by atomic mass is 35.5. The number of pyridine rings is 1. The summed E-state index contributed by atoms with van der Waals surface area (Å²) in [6, 6.07) is 18.9. The number of nitrogens with two attached hydrogens (primary N) is 1. The smallest absolute Gasteiger partial charge is 0.155 e. The highest BCUT2D eigenvalue weighted by Crippen LogP contribution is 2.33. The van der Waals surface area contributed by atoms with Gasteiger partial charge in [0.25, 0.3) is 0 Å². The van der Waals surface area contributed by atoms with Gasteiger partial charge in [-0.25, -0.2) is 4.98 Å². The fourth-order valence-corrected chi connectivity index (χ4v) is 2.75. The average molecular weight is 337 g/mol. The molecule has 0 bridgehead atoms. The summed E-state index contributed by atoms with van der Waals surface area (Å²) in [6.45, 7) is 0. The van der Waals surface area contributed by atoms with Gasteiger partial charge in [0.1, 0.15) is 16.7 Å². The largest absolute Gasteiger partial charge is 0.457 e. The molecule has 0 atom stereocenters. The molecule has 6 heteroatoms. The van der Waals surface area contributed by atoms with Crippen molar-refractivity contribution in [3.05, 3.63) is 65.8 Å². The van der Waals surface area contributed by atoms with Gasteiger partial charge in [-0.15, -0.1) is 0 Å². The maximum atomic E-state index is 6.10. The van der Waals surface area contributed by atoms with E-state index in [1.165, 1.54) is 0 Å². The Balaban J connectivity index is 1.72. The van der Waals surface area contributed by atoms with Crippen molar-refractivity contribution in [2.45, 2.75) is 0 Å². The first-order valence-corrected chi connectivity index (χ1v) is 7.72. The van der Waals surface area contributed by atoms with Crippen LogP contribution in [-0.4, -0.2) is 15.2 Å². The van der Waals surface area contributed by atoms with E-state index in [0.717, 1.165) is 28.0 Å². The number of hydrogen-bond acceptors (Lipinski definition) is 4. The number of fused-ring (bicyclic) bond motifs is 1. The Morgan fingerprint density at radius 3 is 2.42 bits per heavy atom. The summed E-state index contributed by atoms with van der Waals surface area (Å²) in [5.41, 5.74) is 8.28. The number of anilines is 1. The first-order valence-electron chi connectivity index (χ1n) is 7.34. The number of aromatic nitrogens is 3. The number of halogens is 1. The van der Waals surface area contributed by atoms with Gasteiger partial charge in [-0.1, -0.05) is 29.8 Å². The van der Waals surface area contributed by atoms with Gasteiger partial charge >= 0.3 is 0 Å². The molecule has 0 spiro atoms. The lowest BCUT2D eigenvalue weighted by molar-refractivity contribution is 0.483. The third-order valence-electron chi connectivity index (χ3n) is 3.65. The molecule has 3 N–H and O–H groups in total. The van der Waals surface area contributed by atoms with Crippen molar-refractivity contribution >= 4 is 28.3 Å². The third-order valence-corrected chi connectivity index (χ3v) is 3.84. The van der Waals surface area contributed by atoms with Crippen molar-refractivity contribution in [2.75, 3.05) is 5.73 Å². The average Bonchev–Trinajstić information content (AvgIpc) is 2.97. The molecule has 0 saturated carbocycles. The van der Waals surface area contributed by atoms with Crippen molar-refractivity contribution in [2.24, 2.45) is 0 Å². The van der Waals surface area contributed by atoms with Crippen molar-refractivity contribution in [3.63, 3.8) is 0 Å². The molecule has 2 aromatic carbocycles. The molecule has 2 heterocycles. The molecule has 0 radical (unpaired) electrons. The van der Waals surface area contributed by atoms with Crippen LogP contribution in [0.4, 0.5) is 5.82 Å². The van der Waals surface area contributed by atoms with Crippen LogP contribution in [0.2, 0.25) is 5.15 Å². The number of nitrogens with one attached hydrogen (secondary N) is 1. The molecule has 2 aromatic heterocycles. The van der Waals surface area contributed by atoms with Crippen LogP contribution in [0.1, 0.15) is 0 Å². The quantitative estimate of drug-likeness (QED) is 0.534. The zero-order valence-corrected chi connectivity index (χ0v) is 13.3. The SMILES string of the molecule is Nc1n[nH]c2cc(Cl)nc(-c3ccc(Oc4ccccc4)cc3)c12. The minimum absolute atomic E-state index is 0.380. The molecule has 0 aliphatic carbocycles. The van der Waals surface area contributed by atoms with Crippen LogP contribution in [0.25, 0.3) is 22.2 Å². The summed E-state index contributed by atoms with van der Waals surface area (Å²) in [6.07, 6.45) is 0. The molecule has 118 valence electrons. The van der Waals surface area contributed by atoms with Crippen LogP contribution >= 0.6 is 11.6 Å². The van der Waals surface area contributed by atoms with Gasteiger partial charge in [0.2, 0.25) is 0 Å². The highest BCUT2D eigenvalue weighted by molar-refractivity contribution is 6.30. The minimum Gasteiger partial charge on any atom is -0.457 e. The van der Waals surface area contributed by atoms with E-state index in [1.54, 1.807) is 6.07 Å². The number of hydrogen-bond donors (Lipinski definition) is 2. The Hall–Kier alpha value is -3.05. The molecular formula is C18H13ClN4O. The zero-order valence-electron chi connectivity index (χ0n) is 12.5. The van der Waals surface area contributed by atoms with Gasteiger partial charge < -0.3 is 10.5 Å². The normalized spacial score (nSPS) is 10.9. The fourth-order valence-electron chi connectivity index (χ4n) is 2.55. The van der Waals surface area contributed by atoms with Crippen molar-refractivity contribution in [1.29, 1.82) is 0 Å². The highest BCUT2D eigenvalue weighted by Gasteiger charge is 2.13. The Morgan fingerprint density at radius 1 is 0.958 bits per heavy atom. The van der Waals surface area contributed by atoms with Gasteiger partial charge in [0, 0.05) is 11.6 Å². The number of aromatic amines is 1. The van der Waals surface area contributed by atoms with E-state index in [9.17, 15) is 0 Å². The maximum absolute atomic E-state index is 6.10. The summed E-state index contributed by atoms with van der Waals surface area (Å²) < 4.78 is 5.80. The summed E-state index contributed by atoms with van der Waals surface area (Å²) in [5, 5.41) is 8.03. The van der Waals surface area contributed by atoms with Gasteiger partial charge in [-0.2, -0.15) is 5.10 Å². The van der Waals surface area contributed by atoms with Crippen LogP contribution < -0.4 is 10.5 Å². The van der Waals surface area contributed by atoms with Crippen LogP contribution in [0.15, 0.2) is 60.7 Å². The topological polar surface area (TPSA) is 76.8 Å². The molecule has 4 aromatic rings. The van der Waals surface area contributed by atoms with E-state index >= 15 is 0 Å². The van der Waals surface area contributed by atoms with Gasteiger partial charge in [-0.05, 0) is 36.4 Å². The van der Waals surface area contributed by atoms with Gasteiger partial charge in [-0.3, -0.25) is 5.10 Å². The second-order valence-electron chi connectivity index (χ2n) is 5.26. The van der Waals surface area contributed by atoms with E-state index < -0.39 is 0 Å². The number of H-pyrrole nitrogens is 1. The molecule has 24 heavy (non-hydrogen) atoms. The van der Waals surface area contributed by atoms with Crippen LogP contribution in [-0.2, 0) is 0 Å². The van der Waals surface area contributed by atoms with Crippen LogP contribution in [0, 0.1) is 0 Å². The molecule has 0 saturated heterocycles. The number of ether oxygens (including phenoxy) is 1. The first-order chi connectivity index (χ1) is 11.7. The molecule has 0 aliphatic heterocycles.